The van der Waals surface area contributed by atoms with Crippen molar-refractivity contribution < 1.29 is 9.53 Å². The fourth-order valence-corrected chi connectivity index (χ4v) is 3.92. The molecule has 5 heteroatoms. The molecule has 0 spiro atoms. The Kier molecular flexibility index (Phi) is 5.24. The first kappa shape index (κ1) is 16.7. The number of carbonyl (C=O) groups excluding carboxylic acids is 1. The summed E-state index contributed by atoms with van der Waals surface area (Å²) < 4.78 is 5.76. The average Bonchev–Trinajstić information content (AvgIpc) is 3.05. The van der Waals surface area contributed by atoms with E-state index in [1.807, 2.05) is 24.3 Å². The van der Waals surface area contributed by atoms with Gasteiger partial charge in [0.15, 0.2) is 0 Å². The molecule has 4 nitrogen and oxygen atoms in total. The van der Waals surface area contributed by atoms with E-state index in [1.165, 1.54) is 6.42 Å². The van der Waals surface area contributed by atoms with Crippen LogP contribution >= 0.6 is 11.6 Å². The first-order chi connectivity index (χ1) is 11.1. The highest BCUT2D eigenvalue weighted by Gasteiger charge is 2.39. The molecule has 1 aliphatic heterocycles. The third-order valence-electron chi connectivity index (χ3n) is 5.13. The molecule has 0 aromatic heterocycles. The number of benzene rings is 1. The Morgan fingerprint density at radius 1 is 1.22 bits per heavy atom. The molecule has 1 aliphatic carbocycles. The van der Waals surface area contributed by atoms with Crippen LogP contribution in [0.5, 0.6) is 0 Å². The van der Waals surface area contributed by atoms with Crippen molar-refractivity contribution in [3.8, 4) is 0 Å². The second-order valence-corrected chi connectivity index (χ2v) is 7.14. The van der Waals surface area contributed by atoms with Gasteiger partial charge in [-0.2, -0.15) is 0 Å². The summed E-state index contributed by atoms with van der Waals surface area (Å²) in [5.41, 5.74) is 6.50. The van der Waals surface area contributed by atoms with E-state index < -0.39 is 0 Å². The van der Waals surface area contributed by atoms with Gasteiger partial charge < -0.3 is 15.8 Å². The second-order valence-electron chi connectivity index (χ2n) is 6.70. The number of nitrogens with one attached hydrogen (secondary N) is 1. The molecule has 126 valence electrons. The van der Waals surface area contributed by atoms with Crippen LogP contribution in [0.25, 0.3) is 0 Å². The van der Waals surface area contributed by atoms with Gasteiger partial charge in [0.05, 0.1) is 11.6 Å². The fraction of sp³-hybridized carbons (Fsp3) is 0.611. The van der Waals surface area contributed by atoms with E-state index >= 15 is 0 Å². The molecule has 1 aromatic rings. The number of amides is 1. The molecule has 23 heavy (non-hydrogen) atoms. The van der Waals surface area contributed by atoms with Crippen LogP contribution in [0.3, 0.4) is 0 Å². The minimum atomic E-state index is -0.366. The molecular formula is C18H25ClN2O2. The molecule has 3 N–H and O–H groups in total. The van der Waals surface area contributed by atoms with Gasteiger partial charge >= 0.3 is 0 Å². The van der Waals surface area contributed by atoms with Gasteiger partial charge in [0.2, 0.25) is 5.91 Å². The predicted octanol–water partition coefficient (Wildman–Crippen LogP) is 3.12. The highest BCUT2D eigenvalue weighted by atomic mass is 35.5. The van der Waals surface area contributed by atoms with Crippen LogP contribution in [0.1, 0.15) is 50.5 Å². The lowest BCUT2D eigenvalue weighted by atomic mass is 9.76. The number of hydrogen-bond donors (Lipinski definition) is 2. The molecule has 0 bridgehead atoms. The van der Waals surface area contributed by atoms with Crippen molar-refractivity contribution in [3.05, 3.63) is 34.9 Å². The minimum Gasteiger partial charge on any atom is -0.364 e. The maximum absolute atomic E-state index is 12.7. The maximum atomic E-state index is 12.7. The molecule has 0 unspecified atom stereocenters. The summed E-state index contributed by atoms with van der Waals surface area (Å²) in [6.45, 7) is 0.478. The Hall–Kier alpha value is -1.10. The largest absolute Gasteiger partial charge is 0.364 e. The first-order valence-electron chi connectivity index (χ1n) is 8.56. The van der Waals surface area contributed by atoms with Crippen LogP contribution in [0.15, 0.2) is 24.3 Å². The van der Waals surface area contributed by atoms with Gasteiger partial charge in [-0.25, -0.2) is 0 Å². The van der Waals surface area contributed by atoms with E-state index in [2.05, 4.69) is 5.32 Å². The van der Waals surface area contributed by atoms with E-state index in [0.29, 0.717) is 6.54 Å². The molecule has 0 radical (unpaired) electrons. The summed E-state index contributed by atoms with van der Waals surface area (Å²) in [7, 11) is 0. The van der Waals surface area contributed by atoms with E-state index in [4.69, 9.17) is 22.1 Å². The van der Waals surface area contributed by atoms with Crippen LogP contribution in [0.2, 0.25) is 5.02 Å². The van der Waals surface area contributed by atoms with Gasteiger partial charge in [-0.05, 0) is 43.4 Å². The third kappa shape index (κ3) is 3.70. The van der Waals surface area contributed by atoms with E-state index in [-0.39, 0.29) is 23.7 Å². The Balaban J connectivity index is 1.77. The lowest BCUT2D eigenvalue weighted by Gasteiger charge is -2.39. The van der Waals surface area contributed by atoms with Crippen molar-refractivity contribution in [2.75, 3.05) is 6.54 Å². The number of ether oxygens (including phenoxy) is 1. The molecule has 2 fully saturated rings. The van der Waals surface area contributed by atoms with Crippen LogP contribution in [0, 0.1) is 0 Å². The lowest BCUT2D eigenvalue weighted by molar-refractivity contribution is -0.134. The SMILES string of the molecule is NC[C@H]1CC[C@@H](C(=O)NC2(c3ccc(Cl)cc3)CCCCC2)O1. The molecule has 1 saturated heterocycles. The molecule has 1 aromatic carbocycles. The van der Waals surface area contributed by atoms with Crippen molar-refractivity contribution in [2.45, 2.75) is 62.7 Å². The second kappa shape index (κ2) is 7.20. The molecule has 2 aliphatic rings. The standard InChI is InChI=1S/C18H25ClN2O2/c19-14-6-4-13(5-7-14)18(10-2-1-3-11-18)21-17(22)16-9-8-15(12-20)23-16/h4-7,15-16H,1-3,8-12,20H2,(H,21,22)/t15-,16+/m1/s1. The monoisotopic (exact) mass is 336 g/mol. The summed E-state index contributed by atoms with van der Waals surface area (Å²) in [6, 6.07) is 7.87. The van der Waals surface area contributed by atoms with Crippen molar-refractivity contribution in [1.29, 1.82) is 0 Å². The number of carbonyl (C=O) groups is 1. The number of nitrogens with two attached hydrogens (primary N) is 1. The van der Waals surface area contributed by atoms with Crippen molar-refractivity contribution >= 4 is 17.5 Å². The molecule has 1 amide bonds. The van der Waals surface area contributed by atoms with Crippen LogP contribution < -0.4 is 11.1 Å². The quantitative estimate of drug-likeness (QED) is 0.887. The normalized spacial score (nSPS) is 26.9. The zero-order valence-corrected chi connectivity index (χ0v) is 14.1. The summed E-state index contributed by atoms with van der Waals surface area (Å²) in [6.07, 6.45) is 6.67. The number of hydrogen-bond acceptors (Lipinski definition) is 3. The number of rotatable bonds is 4. The Bertz CT molecular complexity index is 540. The van der Waals surface area contributed by atoms with Crippen LogP contribution in [-0.4, -0.2) is 24.7 Å². The van der Waals surface area contributed by atoms with Gasteiger partial charge in [0, 0.05) is 11.6 Å². The highest BCUT2D eigenvalue weighted by Crippen LogP contribution is 2.38. The molecular weight excluding hydrogens is 312 g/mol. The zero-order chi connectivity index (χ0) is 16.3. The number of halogens is 1. The van der Waals surface area contributed by atoms with Crippen molar-refractivity contribution in [2.24, 2.45) is 5.73 Å². The fourth-order valence-electron chi connectivity index (χ4n) is 3.80. The highest BCUT2D eigenvalue weighted by molar-refractivity contribution is 6.30. The lowest BCUT2D eigenvalue weighted by Crippen LogP contribution is -2.50. The Morgan fingerprint density at radius 2 is 1.91 bits per heavy atom. The Labute approximate surface area is 142 Å². The minimum absolute atomic E-state index is 0.00204. The van der Waals surface area contributed by atoms with E-state index in [9.17, 15) is 4.79 Å². The van der Waals surface area contributed by atoms with Crippen LogP contribution in [-0.2, 0) is 15.1 Å². The van der Waals surface area contributed by atoms with Crippen molar-refractivity contribution in [3.63, 3.8) is 0 Å². The van der Waals surface area contributed by atoms with Crippen molar-refractivity contribution in [1.82, 2.24) is 5.32 Å². The van der Waals surface area contributed by atoms with Crippen LogP contribution in [0.4, 0.5) is 0 Å². The Morgan fingerprint density at radius 3 is 2.52 bits per heavy atom. The maximum Gasteiger partial charge on any atom is 0.249 e. The third-order valence-corrected chi connectivity index (χ3v) is 5.38. The van der Waals surface area contributed by atoms with E-state index in [0.717, 1.165) is 49.1 Å². The van der Waals surface area contributed by atoms with Gasteiger partial charge in [-0.3, -0.25) is 4.79 Å². The van der Waals surface area contributed by atoms with Gasteiger partial charge in [-0.15, -0.1) is 0 Å². The topological polar surface area (TPSA) is 64.4 Å². The average molecular weight is 337 g/mol. The van der Waals surface area contributed by atoms with E-state index in [1.54, 1.807) is 0 Å². The first-order valence-corrected chi connectivity index (χ1v) is 8.94. The summed E-state index contributed by atoms with van der Waals surface area (Å²) in [5, 5.41) is 4.03. The molecule has 3 rings (SSSR count). The molecule has 1 heterocycles. The summed E-state index contributed by atoms with van der Waals surface area (Å²) in [5.74, 6) is -0.00204. The van der Waals surface area contributed by atoms with Gasteiger partial charge in [0.25, 0.3) is 0 Å². The summed E-state index contributed by atoms with van der Waals surface area (Å²) in [4.78, 5) is 12.7. The molecule has 1 saturated carbocycles. The summed E-state index contributed by atoms with van der Waals surface area (Å²) >= 11 is 6.02. The smallest absolute Gasteiger partial charge is 0.249 e. The van der Waals surface area contributed by atoms with Gasteiger partial charge in [0.1, 0.15) is 6.10 Å². The van der Waals surface area contributed by atoms with Gasteiger partial charge in [-0.1, -0.05) is 43.0 Å². The predicted molar refractivity (Wildman–Crippen MR) is 91.3 cm³/mol. The zero-order valence-electron chi connectivity index (χ0n) is 13.4. The molecule has 2 atom stereocenters.